The molecule has 0 amide bonds. The van der Waals surface area contributed by atoms with Crippen LogP contribution >= 0.6 is 0 Å². The lowest BCUT2D eigenvalue weighted by atomic mass is 10.2. The Balaban J connectivity index is 1.59. The first-order chi connectivity index (χ1) is 14.2. The average Bonchev–Trinajstić information content (AvgIpc) is 2.75. The van der Waals surface area contributed by atoms with Gasteiger partial charge < -0.3 is 4.74 Å². The predicted molar refractivity (Wildman–Crippen MR) is 107 cm³/mol. The zero-order valence-electron chi connectivity index (χ0n) is 15.0. The van der Waals surface area contributed by atoms with Crippen LogP contribution in [0.2, 0.25) is 0 Å². The maximum atomic E-state index is 12.2. The Labute approximate surface area is 164 Å². The molecule has 0 atom stereocenters. The number of nitrogens with zero attached hydrogens (tertiary/aromatic N) is 4. The Morgan fingerprint density at radius 3 is 2.45 bits per heavy atom. The first-order valence-corrected chi connectivity index (χ1v) is 8.70. The summed E-state index contributed by atoms with van der Waals surface area (Å²) in [5.74, 6) is 1.20. The molecule has 0 saturated carbocycles. The molecule has 0 radical (unpaired) electrons. The summed E-state index contributed by atoms with van der Waals surface area (Å²) in [7, 11) is 0. The summed E-state index contributed by atoms with van der Waals surface area (Å²) in [5.41, 5.74) is 5.28. The summed E-state index contributed by atoms with van der Waals surface area (Å²) in [6.45, 7) is -2.85. The number of hydrogen-bond donors (Lipinski definition) is 1. The Bertz CT molecular complexity index is 1130. The van der Waals surface area contributed by atoms with Crippen molar-refractivity contribution in [2.24, 2.45) is 5.10 Å². The molecule has 0 unspecified atom stereocenters. The lowest BCUT2D eigenvalue weighted by Gasteiger charge is -2.08. The maximum absolute atomic E-state index is 12.2. The fourth-order valence-electron chi connectivity index (χ4n) is 2.70. The molecule has 0 aliphatic rings. The van der Waals surface area contributed by atoms with Crippen molar-refractivity contribution in [2.75, 3.05) is 5.43 Å². The summed E-state index contributed by atoms with van der Waals surface area (Å²) in [5, 5.41) is 5.04. The van der Waals surface area contributed by atoms with Gasteiger partial charge in [0.1, 0.15) is 5.75 Å². The van der Waals surface area contributed by atoms with Gasteiger partial charge in [0.15, 0.2) is 11.6 Å². The highest BCUT2D eigenvalue weighted by Gasteiger charge is 2.08. The minimum absolute atomic E-state index is 0.0916. The number of hydrazone groups is 1. The number of halogens is 2. The van der Waals surface area contributed by atoms with Crippen LogP contribution in [0.4, 0.5) is 14.6 Å². The minimum atomic E-state index is -2.85. The molecular weight excluding hydrogens is 376 g/mol. The van der Waals surface area contributed by atoms with E-state index in [0.29, 0.717) is 17.2 Å². The van der Waals surface area contributed by atoms with Crippen molar-refractivity contribution in [2.45, 2.75) is 6.61 Å². The molecule has 0 saturated heterocycles. The monoisotopic (exact) mass is 391 g/mol. The number of hydrogen-bond acceptors (Lipinski definition) is 6. The SMILES string of the molecule is FC(F)Oc1ccc(/C=N/Nc2nc(-c3ccncc3)nc3ccccc23)cc1. The number of ether oxygens (including phenoxy) is 1. The molecule has 0 bridgehead atoms. The molecular formula is C21H15F2N5O. The molecule has 6 nitrogen and oxygen atoms in total. The van der Waals surface area contributed by atoms with Crippen LogP contribution in [0.1, 0.15) is 5.56 Å². The molecule has 1 N–H and O–H groups in total. The zero-order chi connectivity index (χ0) is 20.1. The highest BCUT2D eigenvalue weighted by atomic mass is 19.3. The third kappa shape index (κ3) is 4.49. The molecule has 144 valence electrons. The van der Waals surface area contributed by atoms with Gasteiger partial charge >= 0.3 is 6.61 Å². The van der Waals surface area contributed by atoms with Crippen LogP contribution in [0.5, 0.6) is 5.75 Å². The number of rotatable bonds is 6. The number of aromatic nitrogens is 3. The molecule has 4 aromatic rings. The summed E-state index contributed by atoms with van der Waals surface area (Å²) >= 11 is 0. The van der Waals surface area contributed by atoms with Gasteiger partial charge in [0.25, 0.3) is 0 Å². The van der Waals surface area contributed by atoms with E-state index in [9.17, 15) is 8.78 Å². The van der Waals surface area contributed by atoms with E-state index >= 15 is 0 Å². The van der Waals surface area contributed by atoms with E-state index in [1.807, 2.05) is 36.4 Å². The van der Waals surface area contributed by atoms with E-state index in [1.54, 1.807) is 30.7 Å². The van der Waals surface area contributed by atoms with Gasteiger partial charge in [-0.1, -0.05) is 12.1 Å². The Kier molecular flexibility index (Phi) is 5.33. The second kappa shape index (κ2) is 8.39. The number of nitrogens with one attached hydrogen (secondary N) is 1. The van der Waals surface area contributed by atoms with Crippen molar-refractivity contribution in [3.8, 4) is 17.1 Å². The van der Waals surface area contributed by atoms with E-state index in [-0.39, 0.29) is 5.75 Å². The third-order valence-electron chi connectivity index (χ3n) is 4.03. The van der Waals surface area contributed by atoms with E-state index in [0.717, 1.165) is 16.5 Å². The van der Waals surface area contributed by atoms with Gasteiger partial charge in [0.05, 0.1) is 11.7 Å². The van der Waals surface area contributed by atoms with Crippen LogP contribution < -0.4 is 10.2 Å². The highest BCUT2D eigenvalue weighted by Crippen LogP contribution is 2.24. The number of anilines is 1. The van der Waals surface area contributed by atoms with Crippen LogP contribution in [-0.2, 0) is 0 Å². The molecule has 0 fully saturated rings. The largest absolute Gasteiger partial charge is 0.435 e. The molecule has 2 heterocycles. The van der Waals surface area contributed by atoms with Crippen molar-refractivity contribution >= 4 is 22.9 Å². The molecule has 0 aliphatic carbocycles. The topological polar surface area (TPSA) is 72.3 Å². The van der Waals surface area contributed by atoms with Crippen molar-refractivity contribution in [1.29, 1.82) is 0 Å². The molecule has 2 aromatic carbocycles. The first-order valence-electron chi connectivity index (χ1n) is 8.70. The third-order valence-corrected chi connectivity index (χ3v) is 4.03. The minimum Gasteiger partial charge on any atom is -0.435 e. The van der Waals surface area contributed by atoms with E-state index < -0.39 is 6.61 Å². The molecule has 4 rings (SSSR count). The van der Waals surface area contributed by atoms with E-state index in [1.165, 1.54) is 12.1 Å². The molecule has 29 heavy (non-hydrogen) atoms. The fraction of sp³-hybridized carbons (Fsp3) is 0.0476. The summed E-state index contributed by atoms with van der Waals surface area (Å²) < 4.78 is 28.8. The summed E-state index contributed by atoms with van der Waals surface area (Å²) in [6, 6.07) is 17.4. The highest BCUT2D eigenvalue weighted by molar-refractivity contribution is 5.91. The molecule has 8 heteroatoms. The normalized spacial score (nSPS) is 11.3. The van der Waals surface area contributed by atoms with E-state index in [4.69, 9.17) is 0 Å². The smallest absolute Gasteiger partial charge is 0.387 e. The van der Waals surface area contributed by atoms with Gasteiger partial charge in [-0.25, -0.2) is 9.97 Å². The number of alkyl halides is 2. The number of benzene rings is 2. The lowest BCUT2D eigenvalue weighted by Crippen LogP contribution is -2.01. The van der Waals surface area contributed by atoms with Crippen LogP contribution in [0, 0.1) is 0 Å². The lowest BCUT2D eigenvalue weighted by molar-refractivity contribution is -0.0498. The van der Waals surface area contributed by atoms with Crippen molar-refractivity contribution in [1.82, 2.24) is 15.0 Å². The van der Waals surface area contributed by atoms with Gasteiger partial charge in [-0.3, -0.25) is 10.4 Å². The van der Waals surface area contributed by atoms with E-state index in [2.05, 4.69) is 30.2 Å². The first kappa shape index (κ1) is 18.4. The van der Waals surface area contributed by atoms with Crippen LogP contribution in [0.15, 0.2) is 78.2 Å². The zero-order valence-corrected chi connectivity index (χ0v) is 15.0. The maximum Gasteiger partial charge on any atom is 0.387 e. The van der Waals surface area contributed by atoms with Crippen molar-refractivity contribution < 1.29 is 13.5 Å². The van der Waals surface area contributed by atoms with Gasteiger partial charge in [0, 0.05) is 23.3 Å². The fourth-order valence-corrected chi connectivity index (χ4v) is 2.70. The second-order valence-electron chi connectivity index (χ2n) is 5.97. The number of para-hydroxylation sites is 1. The summed E-state index contributed by atoms with van der Waals surface area (Å²) in [6.07, 6.45) is 4.93. The standard InChI is InChI=1S/C21H15F2N5O/c22-21(23)29-16-7-5-14(6-8-16)13-25-28-20-17-3-1-2-4-18(17)26-19(27-20)15-9-11-24-12-10-15/h1-13,21H,(H,26,27,28)/b25-13+. The molecule has 0 aliphatic heterocycles. The number of pyridine rings is 1. The van der Waals surface area contributed by atoms with Gasteiger partial charge in [0.2, 0.25) is 0 Å². The molecule has 0 spiro atoms. The number of fused-ring (bicyclic) bond motifs is 1. The van der Waals surface area contributed by atoms with Crippen molar-refractivity contribution in [3.63, 3.8) is 0 Å². The second-order valence-corrected chi connectivity index (χ2v) is 5.97. The van der Waals surface area contributed by atoms with Gasteiger partial charge in [-0.2, -0.15) is 13.9 Å². The van der Waals surface area contributed by atoms with Crippen LogP contribution in [0.3, 0.4) is 0 Å². The Morgan fingerprint density at radius 1 is 0.931 bits per heavy atom. The summed E-state index contributed by atoms with van der Waals surface area (Å²) in [4.78, 5) is 13.2. The Hall–Kier alpha value is -3.94. The van der Waals surface area contributed by atoms with Gasteiger partial charge in [-0.15, -0.1) is 0 Å². The molecule has 2 aromatic heterocycles. The van der Waals surface area contributed by atoms with Crippen molar-refractivity contribution in [3.05, 3.63) is 78.6 Å². The predicted octanol–water partition coefficient (Wildman–Crippen LogP) is 4.74. The Morgan fingerprint density at radius 2 is 1.69 bits per heavy atom. The van der Waals surface area contributed by atoms with Crippen LogP contribution in [-0.4, -0.2) is 27.8 Å². The van der Waals surface area contributed by atoms with Crippen LogP contribution in [0.25, 0.3) is 22.3 Å². The average molecular weight is 391 g/mol. The quantitative estimate of drug-likeness (QED) is 0.380. The van der Waals surface area contributed by atoms with Gasteiger partial charge in [-0.05, 0) is 54.1 Å².